The number of hydrogen-bond donors (Lipinski definition) is 0. The van der Waals surface area contributed by atoms with Gasteiger partial charge in [0.2, 0.25) is 0 Å². The van der Waals surface area contributed by atoms with E-state index in [1.165, 1.54) is 11.3 Å². The van der Waals surface area contributed by atoms with Gasteiger partial charge in [0, 0.05) is 29.9 Å². The van der Waals surface area contributed by atoms with Gasteiger partial charge < -0.3 is 4.74 Å². The van der Waals surface area contributed by atoms with Crippen LogP contribution >= 0.6 is 11.6 Å². The number of piperidine rings is 1. The van der Waals surface area contributed by atoms with Crippen molar-refractivity contribution in [3.05, 3.63) is 58.7 Å². The quantitative estimate of drug-likeness (QED) is 0.517. The van der Waals surface area contributed by atoms with Gasteiger partial charge in [-0.25, -0.2) is 4.79 Å². The predicted molar refractivity (Wildman–Crippen MR) is 110 cm³/mol. The molecule has 0 aliphatic carbocycles. The van der Waals surface area contributed by atoms with Crippen LogP contribution in [-0.4, -0.2) is 45.3 Å². The molecule has 3 heterocycles. The lowest BCUT2D eigenvalue weighted by Gasteiger charge is -2.32. The average molecular weight is 403 g/mol. The summed E-state index contributed by atoms with van der Waals surface area (Å²) in [5, 5.41) is 4.89. The molecule has 1 aliphatic rings. The first-order valence-corrected chi connectivity index (χ1v) is 10.1. The molecule has 2 aromatic rings. The Labute approximate surface area is 171 Å². The van der Waals surface area contributed by atoms with Gasteiger partial charge >= 0.3 is 5.97 Å². The summed E-state index contributed by atoms with van der Waals surface area (Å²) in [6, 6.07) is 1.67. The van der Waals surface area contributed by atoms with Crippen molar-refractivity contribution in [3.63, 3.8) is 0 Å². The van der Waals surface area contributed by atoms with Crippen LogP contribution in [0.4, 0.5) is 0 Å². The molecule has 0 saturated carbocycles. The van der Waals surface area contributed by atoms with Gasteiger partial charge in [-0.2, -0.15) is 5.10 Å². The number of allylic oxidation sites excluding steroid dienone is 1. The summed E-state index contributed by atoms with van der Waals surface area (Å²) in [6.07, 6.45) is 7.31. The first-order chi connectivity index (χ1) is 13.5. The SMILES string of the molecule is C=CCn1ncc(CN2CCC(c3ncc(Cl)cc3C(=O)OCC)CC2)c1C. The number of likely N-dealkylation sites (tertiary alicyclic amines) is 1. The number of carbonyl (C=O) groups excluding carboxylic acids is 1. The fourth-order valence-electron chi connectivity index (χ4n) is 3.70. The summed E-state index contributed by atoms with van der Waals surface area (Å²) in [6.45, 7) is 11.5. The molecule has 0 aromatic carbocycles. The van der Waals surface area contributed by atoms with Crippen molar-refractivity contribution in [3.8, 4) is 0 Å². The van der Waals surface area contributed by atoms with Crippen LogP contribution in [0.3, 0.4) is 0 Å². The van der Waals surface area contributed by atoms with E-state index in [9.17, 15) is 4.79 Å². The molecule has 3 rings (SSSR count). The number of halogens is 1. The first kappa shape index (κ1) is 20.6. The number of hydrogen-bond acceptors (Lipinski definition) is 5. The zero-order valence-electron chi connectivity index (χ0n) is 16.5. The molecule has 1 fully saturated rings. The van der Waals surface area contributed by atoms with Gasteiger partial charge in [0.25, 0.3) is 0 Å². The molecule has 28 heavy (non-hydrogen) atoms. The minimum atomic E-state index is -0.347. The molecular formula is C21H27ClN4O2. The Morgan fingerprint density at radius 2 is 2.14 bits per heavy atom. The Kier molecular flexibility index (Phi) is 6.86. The zero-order valence-corrected chi connectivity index (χ0v) is 17.3. The first-order valence-electron chi connectivity index (χ1n) is 9.70. The van der Waals surface area contributed by atoms with Gasteiger partial charge in [-0.15, -0.1) is 6.58 Å². The van der Waals surface area contributed by atoms with Crippen LogP contribution in [0.1, 0.15) is 53.0 Å². The van der Waals surface area contributed by atoms with Crippen LogP contribution in [0.15, 0.2) is 31.1 Å². The van der Waals surface area contributed by atoms with E-state index in [1.807, 2.05) is 17.0 Å². The highest BCUT2D eigenvalue weighted by Crippen LogP contribution is 2.31. The lowest BCUT2D eigenvalue weighted by Crippen LogP contribution is -2.33. The number of aromatic nitrogens is 3. The summed E-state index contributed by atoms with van der Waals surface area (Å²) >= 11 is 6.06. The van der Waals surface area contributed by atoms with Crippen molar-refractivity contribution >= 4 is 17.6 Å². The van der Waals surface area contributed by atoms with Crippen molar-refractivity contribution in [1.29, 1.82) is 0 Å². The van der Waals surface area contributed by atoms with Crippen molar-refractivity contribution in [1.82, 2.24) is 19.7 Å². The Bertz CT molecular complexity index is 841. The van der Waals surface area contributed by atoms with E-state index in [0.717, 1.165) is 44.7 Å². The Morgan fingerprint density at radius 1 is 1.39 bits per heavy atom. The van der Waals surface area contributed by atoms with Gasteiger partial charge in [-0.3, -0.25) is 14.6 Å². The summed E-state index contributed by atoms with van der Waals surface area (Å²) in [5.41, 5.74) is 3.73. The molecule has 0 amide bonds. The standard InChI is InChI=1S/C21H27ClN4O2/c1-4-8-26-15(3)17(12-24-26)14-25-9-6-16(7-10-25)20-19(21(27)28-5-2)11-18(22)13-23-20/h4,11-13,16H,1,5-10,14H2,2-3H3. The molecule has 2 aromatic heterocycles. The summed E-state index contributed by atoms with van der Waals surface area (Å²) < 4.78 is 7.16. The second kappa shape index (κ2) is 9.34. The molecule has 0 bridgehead atoms. The van der Waals surface area contributed by atoms with E-state index in [2.05, 4.69) is 28.5 Å². The van der Waals surface area contributed by atoms with E-state index in [0.29, 0.717) is 17.2 Å². The minimum Gasteiger partial charge on any atom is -0.462 e. The predicted octanol–water partition coefficient (Wildman–Crippen LogP) is 3.98. The highest BCUT2D eigenvalue weighted by Gasteiger charge is 2.27. The topological polar surface area (TPSA) is 60.2 Å². The second-order valence-corrected chi connectivity index (χ2v) is 7.52. The third-order valence-electron chi connectivity index (χ3n) is 5.26. The van der Waals surface area contributed by atoms with Crippen molar-refractivity contribution in [2.24, 2.45) is 0 Å². The fourth-order valence-corrected chi connectivity index (χ4v) is 3.86. The number of rotatable bonds is 7. The maximum absolute atomic E-state index is 12.3. The monoisotopic (exact) mass is 402 g/mol. The summed E-state index contributed by atoms with van der Waals surface area (Å²) in [5.74, 6) is -0.113. The van der Waals surface area contributed by atoms with E-state index in [4.69, 9.17) is 16.3 Å². The Balaban J connectivity index is 1.66. The molecule has 6 nitrogen and oxygen atoms in total. The van der Waals surface area contributed by atoms with Gasteiger partial charge in [0.15, 0.2) is 0 Å². The number of pyridine rings is 1. The van der Waals surface area contributed by atoms with E-state index in [-0.39, 0.29) is 11.9 Å². The van der Waals surface area contributed by atoms with Gasteiger partial charge in [0.1, 0.15) is 0 Å². The lowest BCUT2D eigenvalue weighted by atomic mass is 9.90. The molecular weight excluding hydrogens is 376 g/mol. The largest absolute Gasteiger partial charge is 0.462 e. The third-order valence-corrected chi connectivity index (χ3v) is 5.46. The van der Waals surface area contributed by atoms with Crippen LogP contribution < -0.4 is 0 Å². The van der Waals surface area contributed by atoms with Crippen molar-refractivity contribution in [2.75, 3.05) is 19.7 Å². The summed E-state index contributed by atoms with van der Waals surface area (Å²) in [7, 11) is 0. The maximum Gasteiger partial charge on any atom is 0.340 e. The highest BCUT2D eigenvalue weighted by atomic mass is 35.5. The summed E-state index contributed by atoms with van der Waals surface area (Å²) in [4.78, 5) is 19.2. The minimum absolute atomic E-state index is 0.234. The van der Waals surface area contributed by atoms with Crippen LogP contribution in [0.2, 0.25) is 5.02 Å². The number of nitrogens with zero attached hydrogens (tertiary/aromatic N) is 4. The van der Waals surface area contributed by atoms with Gasteiger partial charge in [-0.05, 0) is 45.8 Å². The molecule has 0 atom stereocenters. The van der Waals surface area contributed by atoms with Crippen LogP contribution in [0.5, 0.6) is 0 Å². The molecule has 0 N–H and O–H groups in total. The maximum atomic E-state index is 12.3. The van der Waals surface area contributed by atoms with E-state index >= 15 is 0 Å². The molecule has 1 saturated heterocycles. The molecule has 0 unspecified atom stereocenters. The third kappa shape index (κ3) is 4.62. The smallest absolute Gasteiger partial charge is 0.340 e. The molecule has 1 aliphatic heterocycles. The van der Waals surface area contributed by atoms with Gasteiger partial charge in [0.05, 0.1) is 35.6 Å². The van der Waals surface area contributed by atoms with Crippen LogP contribution in [0, 0.1) is 6.92 Å². The highest BCUT2D eigenvalue weighted by molar-refractivity contribution is 6.30. The number of carbonyl (C=O) groups is 1. The van der Waals surface area contributed by atoms with Crippen LogP contribution in [0.25, 0.3) is 0 Å². The van der Waals surface area contributed by atoms with E-state index in [1.54, 1.807) is 19.2 Å². The van der Waals surface area contributed by atoms with Crippen LogP contribution in [-0.2, 0) is 17.8 Å². The number of ether oxygens (including phenoxy) is 1. The molecule has 0 spiro atoms. The normalized spacial score (nSPS) is 15.5. The van der Waals surface area contributed by atoms with E-state index < -0.39 is 0 Å². The Hall–Kier alpha value is -2.18. The van der Waals surface area contributed by atoms with Gasteiger partial charge in [-0.1, -0.05) is 17.7 Å². The zero-order chi connectivity index (χ0) is 20.1. The molecule has 0 radical (unpaired) electrons. The fraction of sp³-hybridized carbons (Fsp3) is 0.476. The van der Waals surface area contributed by atoms with Crippen molar-refractivity contribution < 1.29 is 9.53 Å². The molecule has 7 heteroatoms. The van der Waals surface area contributed by atoms with Crippen molar-refractivity contribution in [2.45, 2.75) is 45.7 Å². The Morgan fingerprint density at radius 3 is 2.82 bits per heavy atom. The number of esters is 1. The average Bonchev–Trinajstić information content (AvgIpc) is 3.03. The lowest BCUT2D eigenvalue weighted by molar-refractivity contribution is 0.0523. The second-order valence-electron chi connectivity index (χ2n) is 7.08. The molecule has 150 valence electrons.